The molecular formula is C12H12ClF3N4. The van der Waals surface area contributed by atoms with Gasteiger partial charge < -0.3 is 5.32 Å². The van der Waals surface area contributed by atoms with Crippen LogP contribution in [0.15, 0.2) is 24.4 Å². The summed E-state index contributed by atoms with van der Waals surface area (Å²) in [6, 6.07) is 3.14. The van der Waals surface area contributed by atoms with E-state index in [0.29, 0.717) is 17.9 Å². The van der Waals surface area contributed by atoms with Gasteiger partial charge in [0.25, 0.3) is 0 Å². The van der Waals surface area contributed by atoms with Gasteiger partial charge in [-0.15, -0.1) is 5.10 Å². The van der Waals surface area contributed by atoms with Gasteiger partial charge in [0.2, 0.25) is 0 Å². The van der Waals surface area contributed by atoms with Gasteiger partial charge in [0, 0.05) is 6.54 Å². The first-order valence-corrected chi connectivity index (χ1v) is 6.28. The van der Waals surface area contributed by atoms with E-state index in [1.54, 1.807) is 0 Å². The largest absolute Gasteiger partial charge is 0.416 e. The molecule has 0 saturated carbocycles. The maximum absolute atomic E-state index is 12.6. The number of halogens is 4. The minimum Gasteiger partial charge on any atom is -0.311 e. The van der Waals surface area contributed by atoms with Crippen molar-refractivity contribution in [2.75, 3.05) is 6.54 Å². The Bertz CT molecular complexity index is 595. The fourth-order valence-corrected chi connectivity index (χ4v) is 1.95. The monoisotopic (exact) mass is 304 g/mol. The van der Waals surface area contributed by atoms with Crippen LogP contribution in [0.4, 0.5) is 13.2 Å². The highest BCUT2D eigenvalue weighted by atomic mass is 35.5. The molecule has 4 nitrogen and oxygen atoms in total. The first-order valence-electron chi connectivity index (χ1n) is 5.91. The first-order chi connectivity index (χ1) is 9.43. The average molecular weight is 305 g/mol. The molecule has 0 atom stereocenters. The molecule has 0 aliphatic carbocycles. The summed E-state index contributed by atoms with van der Waals surface area (Å²) in [6.07, 6.45) is -2.88. The molecule has 0 radical (unpaired) electrons. The molecule has 0 amide bonds. The van der Waals surface area contributed by atoms with E-state index in [0.717, 1.165) is 18.7 Å². The molecule has 108 valence electrons. The lowest BCUT2D eigenvalue weighted by Gasteiger charge is -2.11. The molecule has 1 aromatic heterocycles. The Balaban J connectivity index is 2.37. The number of alkyl halides is 3. The molecular weight excluding hydrogens is 293 g/mol. The molecule has 0 saturated heterocycles. The molecule has 20 heavy (non-hydrogen) atoms. The van der Waals surface area contributed by atoms with Crippen molar-refractivity contribution < 1.29 is 13.2 Å². The van der Waals surface area contributed by atoms with Crippen molar-refractivity contribution >= 4 is 11.6 Å². The third-order valence-corrected chi connectivity index (χ3v) is 2.98. The summed E-state index contributed by atoms with van der Waals surface area (Å²) in [6.45, 7) is 3.20. The van der Waals surface area contributed by atoms with Gasteiger partial charge in [-0.2, -0.15) is 13.2 Å². The standard InChI is InChI=1S/C12H12ClF3N4/c1-2-17-6-9-7-18-19-20(9)11-4-3-8(5-10(11)13)12(14,15)16/h3-5,7,17H,2,6H2,1H3. The summed E-state index contributed by atoms with van der Waals surface area (Å²) < 4.78 is 39.2. The highest BCUT2D eigenvalue weighted by Gasteiger charge is 2.31. The van der Waals surface area contributed by atoms with Crippen molar-refractivity contribution in [2.24, 2.45) is 0 Å². The Kier molecular flexibility index (Phi) is 4.29. The lowest BCUT2D eigenvalue weighted by atomic mass is 10.2. The Labute approximate surface area is 118 Å². The number of aromatic nitrogens is 3. The van der Waals surface area contributed by atoms with Crippen molar-refractivity contribution in [1.29, 1.82) is 0 Å². The van der Waals surface area contributed by atoms with Crippen LogP contribution in [0.1, 0.15) is 18.2 Å². The Morgan fingerprint density at radius 2 is 2.10 bits per heavy atom. The first kappa shape index (κ1) is 14.8. The van der Waals surface area contributed by atoms with Crippen molar-refractivity contribution in [3.05, 3.63) is 40.7 Å². The minimum atomic E-state index is -4.42. The predicted molar refractivity (Wildman–Crippen MR) is 68.8 cm³/mol. The maximum atomic E-state index is 12.6. The van der Waals surface area contributed by atoms with E-state index >= 15 is 0 Å². The normalized spacial score (nSPS) is 11.8. The fourth-order valence-electron chi connectivity index (χ4n) is 1.69. The van der Waals surface area contributed by atoms with E-state index in [4.69, 9.17) is 11.6 Å². The fraction of sp³-hybridized carbons (Fsp3) is 0.333. The van der Waals surface area contributed by atoms with Crippen LogP contribution in [0.25, 0.3) is 5.69 Å². The molecule has 0 unspecified atom stereocenters. The second-order valence-electron chi connectivity index (χ2n) is 4.08. The molecule has 0 aliphatic heterocycles. The van der Waals surface area contributed by atoms with E-state index in [-0.39, 0.29) is 5.02 Å². The van der Waals surface area contributed by atoms with Crippen molar-refractivity contribution in [3.63, 3.8) is 0 Å². The summed E-state index contributed by atoms with van der Waals surface area (Å²) in [4.78, 5) is 0. The van der Waals surface area contributed by atoms with Crippen LogP contribution in [-0.2, 0) is 12.7 Å². The Morgan fingerprint density at radius 3 is 2.70 bits per heavy atom. The molecule has 2 aromatic rings. The molecule has 2 rings (SSSR count). The average Bonchev–Trinajstić information content (AvgIpc) is 2.83. The van der Waals surface area contributed by atoms with Crippen LogP contribution in [0.3, 0.4) is 0 Å². The highest BCUT2D eigenvalue weighted by Crippen LogP contribution is 2.33. The van der Waals surface area contributed by atoms with Crippen molar-refractivity contribution in [3.8, 4) is 5.69 Å². The van der Waals surface area contributed by atoms with Crippen LogP contribution < -0.4 is 5.32 Å². The number of nitrogens with one attached hydrogen (secondary N) is 1. The van der Waals surface area contributed by atoms with Gasteiger partial charge in [-0.25, -0.2) is 4.68 Å². The molecule has 1 aromatic carbocycles. The quantitative estimate of drug-likeness (QED) is 0.944. The van der Waals surface area contributed by atoms with Gasteiger partial charge in [-0.1, -0.05) is 23.7 Å². The van der Waals surface area contributed by atoms with Gasteiger partial charge in [0.05, 0.1) is 28.2 Å². The van der Waals surface area contributed by atoms with Crippen molar-refractivity contribution in [1.82, 2.24) is 20.3 Å². The van der Waals surface area contributed by atoms with Crippen LogP contribution in [-0.4, -0.2) is 21.5 Å². The van der Waals surface area contributed by atoms with E-state index in [2.05, 4.69) is 15.6 Å². The van der Waals surface area contributed by atoms with E-state index in [1.165, 1.54) is 16.9 Å². The second kappa shape index (κ2) is 5.80. The topological polar surface area (TPSA) is 42.7 Å². The van der Waals surface area contributed by atoms with Crippen LogP contribution >= 0.6 is 11.6 Å². The van der Waals surface area contributed by atoms with Crippen LogP contribution in [0, 0.1) is 0 Å². The summed E-state index contributed by atoms with van der Waals surface area (Å²) >= 11 is 5.92. The van der Waals surface area contributed by atoms with E-state index < -0.39 is 11.7 Å². The van der Waals surface area contributed by atoms with Crippen LogP contribution in [0.2, 0.25) is 5.02 Å². The summed E-state index contributed by atoms with van der Waals surface area (Å²) in [5.74, 6) is 0. The third-order valence-electron chi connectivity index (χ3n) is 2.68. The molecule has 0 bridgehead atoms. The number of benzene rings is 1. The number of nitrogens with zero attached hydrogens (tertiary/aromatic N) is 3. The zero-order valence-corrected chi connectivity index (χ0v) is 11.3. The molecule has 8 heteroatoms. The Hall–Kier alpha value is -1.60. The van der Waals surface area contributed by atoms with Crippen LogP contribution in [0.5, 0.6) is 0 Å². The smallest absolute Gasteiger partial charge is 0.311 e. The third kappa shape index (κ3) is 3.10. The minimum absolute atomic E-state index is 0.0249. The van der Waals surface area contributed by atoms with Crippen molar-refractivity contribution in [2.45, 2.75) is 19.6 Å². The predicted octanol–water partition coefficient (Wildman–Crippen LogP) is 3.05. The molecule has 1 N–H and O–H groups in total. The molecule has 0 aliphatic rings. The lowest BCUT2D eigenvalue weighted by molar-refractivity contribution is -0.137. The molecule has 0 spiro atoms. The second-order valence-corrected chi connectivity index (χ2v) is 4.49. The zero-order chi connectivity index (χ0) is 14.8. The van der Waals surface area contributed by atoms with Gasteiger partial charge in [0.15, 0.2) is 0 Å². The van der Waals surface area contributed by atoms with E-state index in [9.17, 15) is 13.2 Å². The van der Waals surface area contributed by atoms with Gasteiger partial charge >= 0.3 is 6.18 Å². The summed E-state index contributed by atoms with van der Waals surface area (Å²) in [5, 5.41) is 10.7. The summed E-state index contributed by atoms with van der Waals surface area (Å²) in [7, 11) is 0. The SMILES string of the molecule is CCNCc1cnnn1-c1ccc(C(F)(F)F)cc1Cl. The number of rotatable bonds is 4. The van der Waals surface area contributed by atoms with Gasteiger partial charge in [-0.05, 0) is 24.7 Å². The van der Waals surface area contributed by atoms with Gasteiger partial charge in [0.1, 0.15) is 0 Å². The number of hydrogen-bond acceptors (Lipinski definition) is 3. The maximum Gasteiger partial charge on any atom is 0.416 e. The summed E-state index contributed by atoms with van der Waals surface area (Å²) in [5.41, 5.74) is 0.290. The van der Waals surface area contributed by atoms with E-state index in [1.807, 2.05) is 6.92 Å². The Morgan fingerprint density at radius 1 is 1.35 bits per heavy atom. The number of hydrogen-bond donors (Lipinski definition) is 1. The zero-order valence-electron chi connectivity index (χ0n) is 10.6. The molecule has 1 heterocycles. The highest BCUT2D eigenvalue weighted by molar-refractivity contribution is 6.32. The molecule has 0 fully saturated rings. The lowest BCUT2D eigenvalue weighted by Crippen LogP contribution is -2.15. The van der Waals surface area contributed by atoms with Gasteiger partial charge in [-0.3, -0.25) is 0 Å².